The van der Waals surface area contributed by atoms with Crippen molar-refractivity contribution < 1.29 is 9.53 Å². The van der Waals surface area contributed by atoms with Gasteiger partial charge in [0.25, 0.3) is 0 Å². The molecule has 1 amide bonds. The SMILES string of the molecule is CC(C)(C)OC(=O)Nc1ccc(Sc2nc(Cl)cc(Cl)n2)cc1. The minimum atomic E-state index is -0.539. The fraction of sp³-hybridized carbons (Fsp3) is 0.267. The van der Waals surface area contributed by atoms with Crippen LogP contribution in [0.3, 0.4) is 0 Å². The van der Waals surface area contributed by atoms with E-state index >= 15 is 0 Å². The van der Waals surface area contributed by atoms with Gasteiger partial charge in [0.2, 0.25) is 0 Å². The molecule has 8 heteroatoms. The van der Waals surface area contributed by atoms with E-state index in [1.54, 1.807) is 12.1 Å². The fourth-order valence-electron chi connectivity index (χ4n) is 1.55. The number of ether oxygens (including phenoxy) is 1. The van der Waals surface area contributed by atoms with E-state index in [4.69, 9.17) is 27.9 Å². The van der Waals surface area contributed by atoms with E-state index in [2.05, 4.69) is 15.3 Å². The molecular formula is C15H15Cl2N3O2S. The molecular weight excluding hydrogens is 357 g/mol. The van der Waals surface area contributed by atoms with Gasteiger partial charge in [0, 0.05) is 16.6 Å². The molecule has 0 radical (unpaired) electrons. The van der Waals surface area contributed by atoms with Gasteiger partial charge in [-0.2, -0.15) is 0 Å². The van der Waals surface area contributed by atoms with Gasteiger partial charge in [-0.15, -0.1) is 0 Å². The smallest absolute Gasteiger partial charge is 0.412 e. The van der Waals surface area contributed by atoms with Crippen LogP contribution in [-0.4, -0.2) is 21.7 Å². The number of anilines is 1. The fourth-order valence-corrected chi connectivity index (χ4v) is 2.84. The molecule has 0 bridgehead atoms. The van der Waals surface area contributed by atoms with Crippen molar-refractivity contribution in [2.24, 2.45) is 0 Å². The third-order valence-electron chi connectivity index (χ3n) is 2.35. The van der Waals surface area contributed by atoms with E-state index in [0.29, 0.717) is 10.8 Å². The number of amides is 1. The zero-order valence-corrected chi connectivity index (χ0v) is 15.1. The predicted octanol–water partition coefficient (Wildman–Crippen LogP) is 5.28. The molecule has 0 saturated heterocycles. The minimum Gasteiger partial charge on any atom is -0.444 e. The van der Waals surface area contributed by atoms with Gasteiger partial charge in [0.1, 0.15) is 15.9 Å². The van der Waals surface area contributed by atoms with Crippen LogP contribution < -0.4 is 5.32 Å². The number of nitrogens with zero attached hydrogens (tertiary/aromatic N) is 2. The van der Waals surface area contributed by atoms with Crippen LogP contribution in [0.1, 0.15) is 20.8 Å². The van der Waals surface area contributed by atoms with Crippen molar-refractivity contribution >= 4 is 46.7 Å². The summed E-state index contributed by atoms with van der Waals surface area (Å²) in [6.07, 6.45) is -0.497. The van der Waals surface area contributed by atoms with Crippen molar-refractivity contribution in [3.63, 3.8) is 0 Å². The quantitative estimate of drug-likeness (QED) is 0.587. The second-order valence-corrected chi connectivity index (χ2v) is 7.36. The van der Waals surface area contributed by atoms with E-state index in [1.165, 1.54) is 17.8 Å². The topological polar surface area (TPSA) is 64.1 Å². The van der Waals surface area contributed by atoms with Gasteiger partial charge in [-0.25, -0.2) is 14.8 Å². The Morgan fingerprint density at radius 1 is 1.13 bits per heavy atom. The third kappa shape index (κ3) is 6.25. The number of halogens is 2. The Balaban J connectivity index is 2.00. The van der Waals surface area contributed by atoms with E-state index < -0.39 is 11.7 Å². The number of carbonyl (C=O) groups excluding carboxylic acids is 1. The lowest BCUT2D eigenvalue weighted by atomic mass is 10.2. The summed E-state index contributed by atoms with van der Waals surface area (Å²) in [6.45, 7) is 5.42. The molecule has 0 unspecified atom stereocenters. The molecule has 1 aromatic carbocycles. The lowest BCUT2D eigenvalue weighted by Gasteiger charge is -2.19. The first kappa shape index (κ1) is 17.8. The molecule has 2 rings (SSSR count). The zero-order chi connectivity index (χ0) is 17.0. The van der Waals surface area contributed by atoms with Crippen LogP contribution in [0.2, 0.25) is 10.3 Å². The van der Waals surface area contributed by atoms with E-state index in [0.717, 1.165) is 4.90 Å². The van der Waals surface area contributed by atoms with Crippen LogP contribution in [0.4, 0.5) is 10.5 Å². The van der Waals surface area contributed by atoms with Crippen molar-refractivity contribution in [3.05, 3.63) is 40.6 Å². The zero-order valence-electron chi connectivity index (χ0n) is 12.8. The van der Waals surface area contributed by atoms with Crippen molar-refractivity contribution in [1.29, 1.82) is 0 Å². The maximum atomic E-state index is 11.7. The average Bonchev–Trinajstić information content (AvgIpc) is 2.37. The van der Waals surface area contributed by atoms with E-state index in [1.807, 2.05) is 32.9 Å². The molecule has 0 aliphatic heterocycles. The standard InChI is InChI=1S/C15H15Cl2N3O2S/c1-15(2,3)22-14(21)18-9-4-6-10(7-5-9)23-13-19-11(16)8-12(17)20-13/h4-8H,1-3H3,(H,18,21). The second-order valence-electron chi connectivity index (χ2n) is 5.55. The number of aromatic nitrogens is 2. The van der Waals surface area contributed by atoms with E-state index in [-0.39, 0.29) is 10.3 Å². The number of nitrogens with one attached hydrogen (secondary N) is 1. The largest absolute Gasteiger partial charge is 0.444 e. The summed E-state index contributed by atoms with van der Waals surface area (Å²) in [6, 6.07) is 8.66. The molecule has 0 saturated carbocycles. The third-order valence-corrected chi connectivity index (χ3v) is 3.61. The van der Waals surface area contributed by atoms with Crippen LogP contribution in [-0.2, 0) is 4.74 Å². The van der Waals surface area contributed by atoms with Gasteiger partial charge >= 0.3 is 6.09 Å². The van der Waals surface area contributed by atoms with Gasteiger partial charge in [-0.1, -0.05) is 23.2 Å². The first-order valence-electron chi connectivity index (χ1n) is 6.69. The highest BCUT2D eigenvalue weighted by Crippen LogP contribution is 2.28. The van der Waals surface area contributed by atoms with E-state index in [9.17, 15) is 4.79 Å². The Labute approximate surface area is 148 Å². The summed E-state index contributed by atoms with van der Waals surface area (Å²) in [7, 11) is 0. The molecule has 1 aromatic heterocycles. The minimum absolute atomic E-state index is 0.288. The highest BCUT2D eigenvalue weighted by atomic mass is 35.5. The van der Waals surface area contributed by atoms with Gasteiger partial charge in [0.05, 0.1) is 0 Å². The molecule has 0 atom stereocenters. The van der Waals surface area contributed by atoms with Gasteiger partial charge in [0.15, 0.2) is 5.16 Å². The molecule has 1 N–H and O–H groups in total. The van der Waals surface area contributed by atoms with Crippen molar-refractivity contribution in [3.8, 4) is 0 Å². The highest BCUT2D eigenvalue weighted by molar-refractivity contribution is 7.99. The Kier molecular flexibility index (Phi) is 5.73. The van der Waals surface area contributed by atoms with Crippen molar-refractivity contribution in [1.82, 2.24) is 9.97 Å². The summed E-state index contributed by atoms with van der Waals surface area (Å²) in [5.74, 6) is 0. The highest BCUT2D eigenvalue weighted by Gasteiger charge is 2.16. The molecule has 0 aliphatic carbocycles. The van der Waals surface area contributed by atoms with Gasteiger partial charge in [-0.3, -0.25) is 5.32 Å². The van der Waals surface area contributed by atoms with Gasteiger partial charge in [-0.05, 0) is 56.8 Å². The molecule has 1 heterocycles. The number of benzene rings is 1. The summed E-state index contributed by atoms with van der Waals surface area (Å²) in [4.78, 5) is 20.7. The number of hydrogen-bond donors (Lipinski definition) is 1. The van der Waals surface area contributed by atoms with Crippen molar-refractivity contribution in [2.45, 2.75) is 36.4 Å². The molecule has 23 heavy (non-hydrogen) atoms. The first-order chi connectivity index (χ1) is 10.7. The predicted molar refractivity (Wildman–Crippen MR) is 92.5 cm³/mol. The Morgan fingerprint density at radius 3 is 2.22 bits per heavy atom. The lowest BCUT2D eigenvalue weighted by molar-refractivity contribution is 0.0636. The molecule has 5 nitrogen and oxygen atoms in total. The normalized spacial score (nSPS) is 11.2. The Bertz CT molecular complexity index is 683. The first-order valence-corrected chi connectivity index (χ1v) is 8.26. The van der Waals surface area contributed by atoms with Crippen molar-refractivity contribution in [2.75, 3.05) is 5.32 Å². The molecule has 0 aliphatic rings. The number of rotatable bonds is 3. The Morgan fingerprint density at radius 2 is 1.70 bits per heavy atom. The number of carbonyl (C=O) groups is 1. The molecule has 0 fully saturated rings. The van der Waals surface area contributed by atoms with Gasteiger partial charge < -0.3 is 4.74 Å². The Hall–Kier alpha value is -1.50. The summed E-state index contributed by atoms with van der Waals surface area (Å²) in [5.41, 5.74) is 0.0944. The summed E-state index contributed by atoms with van der Waals surface area (Å²) >= 11 is 13.0. The maximum absolute atomic E-state index is 11.7. The molecule has 0 spiro atoms. The molecule has 122 valence electrons. The molecule has 2 aromatic rings. The van der Waals surface area contributed by atoms with Crippen LogP contribution in [0.25, 0.3) is 0 Å². The van der Waals surface area contributed by atoms with Crippen LogP contribution >= 0.6 is 35.0 Å². The summed E-state index contributed by atoms with van der Waals surface area (Å²) < 4.78 is 5.19. The summed E-state index contributed by atoms with van der Waals surface area (Å²) in [5, 5.41) is 3.69. The van der Waals surface area contributed by atoms with Crippen LogP contribution in [0.5, 0.6) is 0 Å². The van der Waals surface area contributed by atoms with Crippen LogP contribution in [0.15, 0.2) is 40.4 Å². The lowest BCUT2D eigenvalue weighted by Crippen LogP contribution is -2.27. The second kappa shape index (κ2) is 7.38. The van der Waals surface area contributed by atoms with Crippen LogP contribution in [0, 0.1) is 0 Å². The maximum Gasteiger partial charge on any atom is 0.412 e. The monoisotopic (exact) mass is 371 g/mol. The number of hydrogen-bond acceptors (Lipinski definition) is 5. The average molecular weight is 372 g/mol.